The molecule has 0 aromatic heterocycles. The van der Waals surface area contributed by atoms with Crippen LogP contribution in [0.4, 0.5) is 10.1 Å². The fourth-order valence-electron chi connectivity index (χ4n) is 3.64. The van der Waals surface area contributed by atoms with Crippen molar-refractivity contribution in [1.82, 2.24) is 9.80 Å². The van der Waals surface area contributed by atoms with Gasteiger partial charge in [-0.3, -0.25) is 19.4 Å². The molecule has 1 unspecified atom stereocenters. The highest BCUT2D eigenvalue weighted by Gasteiger charge is 2.47. The van der Waals surface area contributed by atoms with Crippen LogP contribution in [0.5, 0.6) is 0 Å². The quantitative estimate of drug-likeness (QED) is 0.780. The van der Waals surface area contributed by atoms with Crippen molar-refractivity contribution < 1.29 is 14.0 Å². The van der Waals surface area contributed by atoms with Crippen LogP contribution in [0, 0.1) is 5.82 Å². The first kappa shape index (κ1) is 16.5. The van der Waals surface area contributed by atoms with Crippen LogP contribution in [-0.4, -0.2) is 42.4 Å². The van der Waals surface area contributed by atoms with Crippen LogP contribution in [-0.2, 0) is 9.59 Å². The summed E-state index contributed by atoms with van der Waals surface area (Å²) in [5.74, 6) is -0.970. The highest BCUT2D eigenvalue weighted by molar-refractivity contribution is 6.21. The summed E-state index contributed by atoms with van der Waals surface area (Å²) in [7, 11) is 3.40. The molecule has 5 nitrogen and oxygen atoms in total. The summed E-state index contributed by atoms with van der Waals surface area (Å²) in [4.78, 5) is 30.6. The zero-order chi connectivity index (χ0) is 18.4. The fourth-order valence-corrected chi connectivity index (χ4v) is 3.64. The lowest BCUT2D eigenvalue weighted by Crippen LogP contribution is -2.44. The van der Waals surface area contributed by atoms with E-state index in [0.717, 1.165) is 10.5 Å². The molecule has 2 amide bonds. The number of hydrogen-bond donors (Lipinski definition) is 0. The molecule has 0 aliphatic carbocycles. The molecular weight excluding hydrogens is 333 g/mol. The van der Waals surface area contributed by atoms with Crippen molar-refractivity contribution in [1.29, 1.82) is 0 Å². The van der Waals surface area contributed by atoms with E-state index >= 15 is 0 Å². The standard InChI is InChI=1S/C20H18FN3O2/c1-22-12-24(15-10-8-14(21)9-11-15)18-16(19(25)23(2)20(18)26)17(22)13-6-4-3-5-7-13/h3-11,17H,12H2,1-2H3. The van der Waals surface area contributed by atoms with E-state index in [-0.39, 0.29) is 23.7 Å². The van der Waals surface area contributed by atoms with Gasteiger partial charge in [-0.2, -0.15) is 0 Å². The number of hydrogen-bond acceptors (Lipinski definition) is 4. The first-order valence-corrected chi connectivity index (χ1v) is 8.34. The summed E-state index contributed by atoms with van der Waals surface area (Å²) in [5, 5.41) is 0. The van der Waals surface area contributed by atoms with Gasteiger partial charge in [-0.05, 0) is 36.9 Å². The van der Waals surface area contributed by atoms with Crippen molar-refractivity contribution in [2.45, 2.75) is 6.04 Å². The lowest BCUT2D eigenvalue weighted by Gasteiger charge is -2.40. The Hall–Kier alpha value is -2.99. The maximum atomic E-state index is 13.3. The molecule has 2 aliphatic heterocycles. The molecule has 2 aromatic rings. The Bertz CT molecular complexity index is 908. The van der Waals surface area contributed by atoms with Gasteiger partial charge in [0.1, 0.15) is 11.5 Å². The predicted octanol–water partition coefficient (Wildman–Crippen LogP) is 2.53. The van der Waals surface area contributed by atoms with E-state index in [1.807, 2.05) is 42.3 Å². The van der Waals surface area contributed by atoms with Crippen LogP contribution in [0.15, 0.2) is 65.9 Å². The number of halogens is 1. The van der Waals surface area contributed by atoms with Crippen molar-refractivity contribution in [3.05, 3.63) is 77.2 Å². The molecule has 6 heteroatoms. The number of carbonyl (C=O) groups is 2. The van der Waals surface area contributed by atoms with E-state index in [4.69, 9.17) is 0 Å². The first-order valence-electron chi connectivity index (χ1n) is 8.34. The normalized spacial score (nSPS) is 20.8. The molecule has 4 rings (SSSR count). The minimum Gasteiger partial charge on any atom is -0.323 e. The van der Waals surface area contributed by atoms with Gasteiger partial charge >= 0.3 is 0 Å². The molecule has 0 spiro atoms. The Morgan fingerprint density at radius 1 is 0.923 bits per heavy atom. The summed E-state index contributed by atoms with van der Waals surface area (Å²) in [6.07, 6.45) is 0. The molecule has 2 heterocycles. The zero-order valence-corrected chi connectivity index (χ0v) is 14.5. The third-order valence-electron chi connectivity index (χ3n) is 4.90. The number of rotatable bonds is 2. The summed E-state index contributed by atoms with van der Waals surface area (Å²) in [6.45, 7) is 0.414. The third-order valence-corrected chi connectivity index (χ3v) is 4.90. The van der Waals surface area contributed by atoms with Crippen LogP contribution < -0.4 is 4.90 Å². The van der Waals surface area contributed by atoms with Crippen molar-refractivity contribution in [2.24, 2.45) is 0 Å². The highest BCUT2D eigenvalue weighted by atomic mass is 19.1. The Morgan fingerprint density at radius 3 is 2.23 bits per heavy atom. The molecule has 132 valence electrons. The van der Waals surface area contributed by atoms with Gasteiger partial charge in [0.2, 0.25) is 0 Å². The summed E-state index contributed by atoms with van der Waals surface area (Å²) < 4.78 is 13.3. The van der Waals surface area contributed by atoms with E-state index in [0.29, 0.717) is 23.6 Å². The largest absolute Gasteiger partial charge is 0.323 e. The molecule has 0 N–H and O–H groups in total. The summed E-state index contributed by atoms with van der Waals surface area (Å²) >= 11 is 0. The number of benzene rings is 2. The van der Waals surface area contributed by atoms with Gasteiger partial charge in [0.25, 0.3) is 11.8 Å². The molecule has 0 fully saturated rings. The molecule has 0 bridgehead atoms. The van der Waals surface area contributed by atoms with E-state index in [1.54, 1.807) is 17.0 Å². The average molecular weight is 351 g/mol. The molecule has 0 radical (unpaired) electrons. The highest BCUT2D eigenvalue weighted by Crippen LogP contribution is 2.41. The predicted molar refractivity (Wildman–Crippen MR) is 95.5 cm³/mol. The van der Waals surface area contributed by atoms with Gasteiger partial charge in [0.05, 0.1) is 18.3 Å². The maximum Gasteiger partial charge on any atom is 0.277 e. The minimum absolute atomic E-state index is 0.294. The summed E-state index contributed by atoms with van der Waals surface area (Å²) in [6, 6.07) is 15.3. The number of likely N-dealkylation sites (N-methyl/N-ethyl adjacent to an activating group) is 2. The second-order valence-corrected chi connectivity index (χ2v) is 6.55. The van der Waals surface area contributed by atoms with Crippen molar-refractivity contribution in [2.75, 3.05) is 25.7 Å². The van der Waals surface area contributed by atoms with E-state index in [9.17, 15) is 14.0 Å². The molecule has 1 atom stereocenters. The van der Waals surface area contributed by atoms with Crippen LogP contribution in [0.2, 0.25) is 0 Å². The number of imide groups is 1. The Kier molecular flexibility index (Phi) is 3.85. The van der Waals surface area contributed by atoms with Gasteiger partial charge in [-0.15, -0.1) is 0 Å². The van der Waals surface area contributed by atoms with Crippen LogP contribution in [0.25, 0.3) is 0 Å². The average Bonchev–Trinajstić information content (AvgIpc) is 2.87. The minimum atomic E-state index is -0.346. The zero-order valence-electron chi connectivity index (χ0n) is 14.5. The molecule has 0 saturated carbocycles. The summed E-state index contributed by atoms with van der Waals surface area (Å²) in [5.41, 5.74) is 2.46. The van der Waals surface area contributed by atoms with Gasteiger partial charge in [0.15, 0.2) is 0 Å². The number of carbonyl (C=O) groups excluding carboxylic acids is 2. The fraction of sp³-hybridized carbons (Fsp3) is 0.200. The van der Waals surface area contributed by atoms with E-state index in [1.165, 1.54) is 19.2 Å². The lowest BCUT2D eigenvalue weighted by atomic mass is 9.94. The Balaban J connectivity index is 1.89. The van der Waals surface area contributed by atoms with Crippen molar-refractivity contribution in [3.63, 3.8) is 0 Å². The van der Waals surface area contributed by atoms with Crippen molar-refractivity contribution in [3.8, 4) is 0 Å². The van der Waals surface area contributed by atoms with Gasteiger partial charge in [0, 0.05) is 12.7 Å². The lowest BCUT2D eigenvalue weighted by molar-refractivity contribution is -0.136. The van der Waals surface area contributed by atoms with Crippen LogP contribution in [0.3, 0.4) is 0 Å². The topological polar surface area (TPSA) is 43.9 Å². The number of anilines is 1. The second kappa shape index (κ2) is 6.07. The molecule has 2 aromatic carbocycles. The molecule has 0 saturated heterocycles. The first-order chi connectivity index (χ1) is 12.5. The maximum absolute atomic E-state index is 13.3. The SMILES string of the molecule is CN1C(=O)C2=C(C1=O)N(c1ccc(F)cc1)CN(C)C2c1ccccc1. The third kappa shape index (κ3) is 2.42. The Labute approximate surface area is 150 Å². The molecule has 26 heavy (non-hydrogen) atoms. The number of nitrogens with zero attached hydrogens (tertiary/aromatic N) is 3. The second-order valence-electron chi connectivity index (χ2n) is 6.55. The molecule has 2 aliphatic rings. The van der Waals surface area contributed by atoms with E-state index < -0.39 is 0 Å². The van der Waals surface area contributed by atoms with E-state index in [2.05, 4.69) is 0 Å². The molecular formula is C20H18FN3O2. The van der Waals surface area contributed by atoms with Crippen LogP contribution in [0.1, 0.15) is 11.6 Å². The monoisotopic (exact) mass is 351 g/mol. The van der Waals surface area contributed by atoms with Gasteiger partial charge < -0.3 is 4.90 Å². The smallest absolute Gasteiger partial charge is 0.277 e. The van der Waals surface area contributed by atoms with Crippen molar-refractivity contribution >= 4 is 17.5 Å². The van der Waals surface area contributed by atoms with Crippen LogP contribution >= 0.6 is 0 Å². The number of amides is 2. The Morgan fingerprint density at radius 2 is 1.58 bits per heavy atom. The van der Waals surface area contributed by atoms with Gasteiger partial charge in [-0.1, -0.05) is 30.3 Å². The van der Waals surface area contributed by atoms with Gasteiger partial charge in [-0.25, -0.2) is 4.39 Å².